The maximum Gasteiger partial charge on any atom is 0.134 e. The number of nitrogens with zero attached hydrogens (tertiary/aromatic N) is 3. The summed E-state index contributed by atoms with van der Waals surface area (Å²) in [6, 6.07) is 0. The van der Waals surface area contributed by atoms with Gasteiger partial charge >= 0.3 is 0 Å². The van der Waals surface area contributed by atoms with Crippen molar-refractivity contribution in [2.75, 3.05) is 25.4 Å². The van der Waals surface area contributed by atoms with E-state index in [1.165, 1.54) is 67.1 Å². The summed E-state index contributed by atoms with van der Waals surface area (Å²) in [5.41, 5.74) is 1.36. The van der Waals surface area contributed by atoms with Gasteiger partial charge in [-0.25, -0.2) is 0 Å². The molecule has 1 aliphatic carbocycles. The van der Waals surface area contributed by atoms with E-state index in [1.807, 2.05) is 11.8 Å². The van der Waals surface area contributed by atoms with Crippen molar-refractivity contribution in [2.24, 2.45) is 17.8 Å². The van der Waals surface area contributed by atoms with Crippen molar-refractivity contribution >= 4 is 23.5 Å². The van der Waals surface area contributed by atoms with Gasteiger partial charge < -0.3 is 4.90 Å². The minimum Gasteiger partial charge on any atom is -0.302 e. The molecule has 104 valence electrons. The van der Waals surface area contributed by atoms with E-state index in [0.717, 1.165) is 17.8 Å². The molecule has 2 unspecified atom stereocenters. The van der Waals surface area contributed by atoms with E-state index < -0.39 is 0 Å². The van der Waals surface area contributed by atoms with E-state index in [-0.39, 0.29) is 0 Å². The molecule has 0 N–H and O–H groups in total. The quantitative estimate of drug-likeness (QED) is 0.798. The molecule has 1 aromatic rings. The van der Waals surface area contributed by atoms with Crippen LogP contribution in [-0.2, 0) is 0 Å². The van der Waals surface area contributed by atoms with Crippen molar-refractivity contribution in [1.29, 1.82) is 0 Å². The van der Waals surface area contributed by atoms with Crippen LogP contribution >= 0.6 is 23.5 Å². The van der Waals surface area contributed by atoms with Gasteiger partial charge in [0.1, 0.15) is 5.03 Å². The first kappa shape index (κ1) is 12.6. The van der Waals surface area contributed by atoms with Crippen LogP contribution in [0.1, 0.15) is 37.8 Å². The molecular weight excluding hydrogens is 274 g/mol. The third kappa shape index (κ3) is 2.14. The lowest BCUT2D eigenvalue weighted by atomic mass is 9.61. The zero-order chi connectivity index (χ0) is 12.8. The molecule has 0 radical (unpaired) electrons. The second kappa shape index (κ2) is 5.01. The normalized spacial score (nSPS) is 39.9. The summed E-state index contributed by atoms with van der Waals surface area (Å²) in [7, 11) is 0. The van der Waals surface area contributed by atoms with Crippen LogP contribution in [0.4, 0.5) is 0 Å². The first-order valence-corrected chi connectivity index (χ1v) is 9.24. The second-order valence-electron chi connectivity index (χ2n) is 6.40. The molecule has 4 fully saturated rings. The van der Waals surface area contributed by atoms with Crippen LogP contribution in [0.5, 0.6) is 0 Å². The highest BCUT2D eigenvalue weighted by Crippen LogP contribution is 2.52. The summed E-state index contributed by atoms with van der Waals surface area (Å²) in [5, 5.41) is 1.25. The number of aromatic nitrogens is 2. The maximum atomic E-state index is 4.71. The van der Waals surface area contributed by atoms with E-state index in [0.29, 0.717) is 5.92 Å². The molecule has 0 amide bonds. The molecule has 4 aliphatic rings. The summed E-state index contributed by atoms with van der Waals surface area (Å²) in [5.74, 6) is 4.58. The minimum absolute atomic E-state index is 0.714. The Morgan fingerprint density at radius 1 is 1.21 bits per heavy atom. The average molecular weight is 295 g/mol. The van der Waals surface area contributed by atoms with E-state index >= 15 is 0 Å². The Labute approximate surface area is 123 Å². The van der Waals surface area contributed by atoms with Gasteiger partial charge in [-0.15, -0.1) is 11.8 Å². The Bertz CT molecular complexity index is 431. The number of rotatable bonds is 4. The monoisotopic (exact) mass is 295 g/mol. The third-order valence-electron chi connectivity index (χ3n) is 5.03. The van der Waals surface area contributed by atoms with Crippen molar-refractivity contribution < 1.29 is 0 Å². The Hall–Kier alpha value is -0.130. The zero-order valence-electron chi connectivity index (χ0n) is 11.4. The highest BCUT2D eigenvalue weighted by atomic mass is 32.2. The van der Waals surface area contributed by atoms with Crippen LogP contribution in [0.15, 0.2) is 5.03 Å². The van der Waals surface area contributed by atoms with Gasteiger partial charge in [0.2, 0.25) is 0 Å². The summed E-state index contributed by atoms with van der Waals surface area (Å²) in [6.07, 6.45) is 4.09. The van der Waals surface area contributed by atoms with Crippen LogP contribution in [0.2, 0.25) is 0 Å². The Kier molecular flexibility index (Phi) is 3.32. The first-order chi connectivity index (χ1) is 9.35. The van der Waals surface area contributed by atoms with Crippen molar-refractivity contribution in [1.82, 2.24) is 13.6 Å². The largest absolute Gasteiger partial charge is 0.302 e. The molecular formula is C14H21N3S2. The van der Waals surface area contributed by atoms with Crippen molar-refractivity contribution in [3.63, 3.8) is 0 Å². The van der Waals surface area contributed by atoms with Gasteiger partial charge in [0.05, 0.1) is 17.4 Å². The van der Waals surface area contributed by atoms with Gasteiger partial charge in [-0.3, -0.25) is 0 Å². The van der Waals surface area contributed by atoms with Gasteiger partial charge in [0.25, 0.3) is 0 Å². The average Bonchev–Trinajstić information content (AvgIpc) is 2.83. The lowest BCUT2D eigenvalue weighted by Crippen LogP contribution is -2.56. The summed E-state index contributed by atoms with van der Waals surface area (Å²) in [6.45, 7) is 6.23. The van der Waals surface area contributed by atoms with E-state index in [9.17, 15) is 0 Å². The number of piperidine rings is 3. The molecule has 1 aromatic heterocycles. The molecule has 3 saturated heterocycles. The molecule has 4 bridgehead atoms. The molecule has 4 heterocycles. The Morgan fingerprint density at radius 2 is 2.00 bits per heavy atom. The van der Waals surface area contributed by atoms with Crippen LogP contribution in [0.25, 0.3) is 0 Å². The highest BCUT2D eigenvalue weighted by molar-refractivity contribution is 7.99. The molecule has 5 rings (SSSR count). The van der Waals surface area contributed by atoms with Crippen molar-refractivity contribution in [2.45, 2.75) is 37.1 Å². The van der Waals surface area contributed by atoms with Crippen molar-refractivity contribution in [3.8, 4) is 0 Å². The second-order valence-corrected chi connectivity index (χ2v) is 8.02. The van der Waals surface area contributed by atoms with Crippen molar-refractivity contribution in [3.05, 3.63) is 5.69 Å². The summed E-state index contributed by atoms with van der Waals surface area (Å²) >= 11 is 3.35. The fourth-order valence-electron chi connectivity index (χ4n) is 4.54. The lowest BCUT2D eigenvalue weighted by molar-refractivity contribution is -0.0373. The zero-order valence-corrected chi connectivity index (χ0v) is 13.1. The molecule has 3 nitrogen and oxygen atoms in total. The fourth-order valence-corrected chi connectivity index (χ4v) is 6.14. The van der Waals surface area contributed by atoms with E-state index in [1.54, 1.807) is 0 Å². The van der Waals surface area contributed by atoms with Gasteiger partial charge in [-0.05, 0) is 42.8 Å². The third-order valence-corrected chi connectivity index (χ3v) is 6.87. The van der Waals surface area contributed by atoms with Crippen LogP contribution in [-0.4, -0.2) is 39.0 Å². The number of thioether (sulfide) groups is 1. The molecule has 0 aromatic carbocycles. The SMILES string of the molecule is CCCSc1nsnc1C1C2CC3CC1CN(C3)C2. The molecule has 2 atom stereocenters. The standard InChI is InChI=1S/C14H21N3S2/c1-2-3-18-14-13(15-19-16-14)12-10-4-9-5-11(12)8-17(6-9)7-10/h9-12H,2-8H2,1H3. The predicted molar refractivity (Wildman–Crippen MR) is 79.8 cm³/mol. The summed E-state index contributed by atoms with van der Waals surface area (Å²) < 4.78 is 9.27. The van der Waals surface area contributed by atoms with Gasteiger partial charge in [-0.2, -0.15) is 8.75 Å². The van der Waals surface area contributed by atoms with Gasteiger partial charge in [0, 0.05) is 25.6 Å². The predicted octanol–water partition coefficient (Wildman–Crippen LogP) is 3.10. The van der Waals surface area contributed by atoms with Crippen LogP contribution < -0.4 is 0 Å². The van der Waals surface area contributed by atoms with Crippen LogP contribution in [0.3, 0.4) is 0 Å². The lowest BCUT2D eigenvalue weighted by Gasteiger charge is -2.55. The highest BCUT2D eigenvalue weighted by Gasteiger charge is 2.49. The molecule has 0 spiro atoms. The Balaban J connectivity index is 1.60. The molecule has 3 aliphatic heterocycles. The van der Waals surface area contributed by atoms with Gasteiger partial charge in [-0.1, -0.05) is 6.92 Å². The maximum absolute atomic E-state index is 4.71. The molecule has 19 heavy (non-hydrogen) atoms. The van der Waals surface area contributed by atoms with E-state index in [4.69, 9.17) is 4.37 Å². The number of hydrogen-bond donors (Lipinski definition) is 0. The van der Waals surface area contributed by atoms with Crippen LogP contribution in [0, 0.1) is 17.8 Å². The topological polar surface area (TPSA) is 29.0 Å². The van der Waals surface area contributed by atoms with E-state index in [2.05, 4.69) is 16.2 Å². The first-order valence-electron chi connectivity index (χ1n) is 7.52. The summed E-state index contributed by atoms with van der Waals surface area (Å²) in [4.78, 5) is 2.70. The Morgan fingerprint density at radius 3 is 2.68 bits per heavy atom. The smallest absolute Gasteiger partial charge is 0.134 e. The molecule has 1 saturated carbocycles. The minimum atomic E-state index is 0.714. The van der Waals surface area contributed by atoms with Gasteiger partial charge in [0.15, 0.2) is 0 Å². The molecule has 5 heteroatoms. The number of hydrogen-bond acceptors (Lipinski definition) is 5. The fraction of sp³-hybridized carbons (Fsp3) is 0.857.